The molecule has 1 heterocycles. The van der Waals surface area contributed by atoms with Crippen molar-refractivity contribution >= 4 is 17.3 Å². The van der Waals surface area contributed by atoms with Gasteiger partial charge in [0.05, 0.1) is 17.6 Å². The van der Waals surface area contributed by atoms with E-state index in [-0.39, 0.29) is 11.1 Å². The molecule has 0 amide bonds. The van der Waals surface area contributed by atoms with Gasteiger partial charge in [-0.1, -0.05) is 6.92 Å². The normalized spacial score (nSPS) is 21.4. The Bertz CT molecular complexity index is 575. The van der Waals surface area contributed by atoms with Crippen LogP contribution in [-0.4, -0.2) is 37.6 Å². The zero-order chi connectivity index (χ0) is 15.6. The van der Waals surface area contributed by atoms with E-state index < -0.39 is 10.9 Å². The van der Waals surface area contributed by atoms with Crippen LogP contribution in [0.25, 0.3) is 0 Å². The van der Waals surface area contributed by atoms with E-state index in [1.807, 2.05) is 4.90 Å². The molecule has 0 aliphatic carbocycles. The molecule has 0 saturated carbocycles. The first-order chi connectivity index (χ1) is 9.90. The van der Waals surface area contributed by atoms with Crippen LogP contribution in [0, 0.1) is 15.5 Å². The molecule has 1 aromatic rings. The van der Waals surface area contributed by atoms with E-state index >= 15 is 0 Å². The molecular weight excluding hydrogens is 274 g/mol. The Hall–Kier alpha value is -2.15. The standard InChI is InChI=1S/C14H19N3O4/c1-14(8-15)5-6-16(9-14)12-7-10(13(18)21-2)3-4-11(12)17(19)20/h3-4,7H,5-6,8-9,15H2,1-2H3. The zero-order valence-electron chi connectivity index (χ0n) is 12.2. The van der Waals surface area contributed by atoms with Gasteiger partial charge in [0.1, 0.15) is 5.69 Å². The number of hydrogen-bond acceptors (Lipinski definition) is 6. The lowest BCUT2D eigenvalue weighted by Crippen LogP contribution is -2.31. The molecule has 1 atom stereocenters. The lowest BCUT2D eigenvalue weighted by atomic mass is 9.90. The second kappa shape index (κ2) is 5.69. The number of ether oxygens (including phenoxy) is 1. The van der Waals surface area contributed by atoms with Crippen molar-refractivity contribution in [3.8, 4) is 0 Å². The summed E-state index contributed by atoms with van der Waals surface area (Å²) in [7, 11) is 1.28. The summed E-state index contributed by atoms with van der Waals surface area (Å²) in [5, 5.41) is 11.2. The first-order valence-corrected chi connectivity index (χ1v) is 6.72. The number of benzene rings is 1. The van der Waals surface area contributed by atoms with Gasteiger partial charge in [0.25, 0.3) is 5.69 Å². The highest BCUT2D eigenvalue weighted by Crippen LogP contribution is 2.37. The average molecular weight is 293 g/mol. The molecule has 21 heavy (non-hydrogen) atoms. The van der Waals surface area contributed by atoms with Crippen LogP contribution >= 0.6 is 0 Å². The molecule has 0 bridgehead atoms. The molecule has 1 saturated heterocycles. The lowest BCUT2D eigenvalue weighted by molar-refractivity contribution is -0.384. The highest BCUT2D eigenvalue weighted by atomic mass is 16.6. The molecule has 1 unspecified atom stereocenters. The summed E-state index contributed by atoms with van der Waals surface area (Å²) in [5.41, 5.74) is 6.45. The molecule has 1 aliphatic heterocycles. The maximum atomic E-state index is 11.6. The van der Waals surface area contributed by atoms with Gasteiger partial charge in [-0.25, -0.2) is 4.79 Å². The molecule has 114 valence electrons. The number of nitrogens with two attached hydrogens (primary N) is 1. The fraction of sp³-hybridized carbons (Fsp3) is 0.500. The first-order valence-electron chi connectivity index (χ1n) is 6.72. The number of nitro benzene ring substituents is 1. The molecule has 1 aromatic carbocycles. The highest BCUT2D eigenvalue weighted by Gasteiger charge is 2.35. The zero-order valence-corrected chi connectivity index (χ0v) is 12.2. The monoisotopic (exact) mass is 293 g/mol. The van der Waals surface area contributed by atoms with Crippen molar-refractivity contribution in [3.05, 3.63) is 33.9 Å². The number of nitro groups is 1. The predicted octanol–water partition coefficient (Wildman–Crippen LogP) is 1.56. The number of carbonyl (C=O) groups excluding carboxylic acids is 1. The maximum absolute atomic E-state index is 11.6. The summed E-state index contributed by atoms with van der Waals surface area (Å²) in [6, 6.07) is 4.28. The number of rotatable bonds is 4. The third-order valence-corrected chi connectivity index (χ3v) is 3.98. The first kappa shape index (κ1) is 15.2. The van der Waals surface area contributed by atoms with Gasteiger partial charge in [-0.3, -0.25) is 10.1 Å². The Morgan fingerprint density at radius 3 is 2.81 bits per heavy atom. The van der Waals surface area contributed by atoms with E-state index in [1.54, 1.807) is 0 Å². The highest BCUT2D eigenvalue weighted by molar-refractivity contribution is 5.91. The molecule has 0 aromatic heterocycles. The molecule has 1 aliphatic rings. The maximum Gasteiger partial charge on any atom is 0.337 e. The second-order valence-corrected chi connectivity index (χ2v) is 5.64. The van der Waals surface area contributed by atoms with Crippen molar-refractivity contribution in [2.24, 2.45) is 11.1 Å². The van der Waals surface area contributed by atoms with Crippen molar-refractivity contribution in [2.75, 3.05) is 31.6 Å². The Labute approximate surface area is 122 Å². The van der Waals surface area contributed by atoms with Gasteiger partial charge in [-0.15, -0.1) is 0 Å². The average Bonchev–Trinajstić information content (AvgIpc) is 2.89. The summed E-state index contributed by atoms with van der Waals surface area (Å²) in [4.78, 5) is 24.3. The number of esters is 1. The Kier molecular flexibility index (Phi) is 4.13. The molecule has 0 radical (unpaired) electrons. The molecule has 0 spiro atoms. The predicted molar refractivity (Wildman–Crippen MR) is 78.4 cm³/mol. The van der Waals surface area contributed by atoms with Crippen LogP contribution in [0.5, 0.6) is 0 Å². The lowest BCUT2D eigenvalue weighted by Gasteiger charge is -2.23. The minimum absolute atomic E-state index is 0.0103. The SMILES string of the molecule is COC(=O)c1ccc([N+](=O)[O-])c(N2CCC(C)(CN)C2)c1. The van der Waals surface area contributed by atoms with Crippen LogP contribution in [0.15, 0.2) is 18.2 Å². The number of methoxy groups -OCH3 is 1. The van der Waals surface area contributed by atoms with Crippen LogP contribution in [0.2, 0.25) is 0 Å². The van der Waals surface area contributed by atoms with Crippen LogP contribution in [-0.2, 0) is 4.74 Å². The van der Waals surface area contributed by atoms with Crippen LogP contribution in [0.3, 0.4) is 0 Å². The number of anilines is 1. The van der Waals surface area contributed by atoms with Gasteiger partial charge in [0.15, 0.2) is 0 Å². The number of hydrogen-bond donors (Lipinski definition) is 1. The van der Waals surface area contributed by atoms with Gasteiger partial charge >= 0.3 is 5.97 Å². The van der Waals surface area contributed by atoms with Gasteiger partial charge in [-0.2, -0.15) is 0 Å². The van der Waals surface area contributed by atoms with E-state index in [9.17, 15) is 14.9 Å². The van der Waals surface area contributed by atoms with Crippen LogP contribution < -0.4 is 10.6 Å². The Morgan fingerprint density at radius 2 is 2.29 bits per heavy atom. The van der Waals surface area contributed by atoms with Crippen molar-refractivity contribution in [2.45, 2.75) is 13.3 Å². The molecule has 1 fully saturated rings. The van der Waals surface area contributed by atoms with Crippen molar-refractivity contribution in [1.82, 2.24) is 0 Å². The fourth-order valence-electron chi connectivity index (χ4n) is 2.57. The van der Waals surface area contributed by atoms with Crippen molar-refractivity contribution in [1.29, 1.82) is 0 Å². The fourth-order valence-corrected chi connectivity index (χ4v) is 2.57. The summed E-state index contributed by atoms with van der Waals surface area (Å²) >= 11 is 0. The van der Waals surface area contributed by atoms with Gasteiger partial charge in [0, 0.05) is 19.2 Å². The Morgan fingerprint density at radius 1 is 1.57 bits per heavy atom. The van der Waals surface area contributed by atoms with E-state index in [4.69, 9.17) is 5.73 Å². The second-order valence-electron chi connectivity index (χ2n) is 5.64. The Balaban J connectivity index is 2.40. The quantitative estimate of drug-likeness (QED) is 0.514. The molecule has 2 rings (SSSR count). The van der Waals surface area contributed by atoms with E-state index in [1.165, 1.54) is 25.3 Å². The summed E-state index contributed by atoms with van der Waals surface area (Å²) in [6.45, 7) is 3.89. The summed E-state index contributed by atoms with van der Waals surface area (Å²) in [6.07, 6.45) is 0.864. The van der Waals surface area contributed by atoms with Crippen LogP contribution in [0.1, 0.15) is 23.7 Å². The topological polar surface area (TPSA) is 98.7 Å². The van der Waals surface area contributed by atoms with Crippen molar-refractivity contribution in [3.63, 3.8) is 0 Å². The molecular formula is C14H19N3O4. The van der Waals surface area contributed by atoms with Gasteiger partial charge in [0.2, 0.25) is 0 Å². The van der Waals surface area contributed by atoms with Gasteiger partial charge < -0.3 is 15.4 Å². The van der Waals surface area contributed by atoms with Gasteiger partial charge in [-0.05, 0) is 30.5 Å². The van der Waals surface area contributed by atoms with E-state index in [2.05, 4.69) is 11.7 Å². The minimum Gasteiger partial charge on any atom is -0.465 e. The van der Waals surface area contributed by atoms with E-state index in [0.29, 0.717) is 30.9 Å². The van der Waals surface area contributed by atoms with Crippen molar-refractivity contribution < 1.29 is 14.5 Å². The molecule has 7 nitrogen and oxygen atoms in total. The minimum atomic E-state index is -0.507. The van der Waals surface area contributed by atoms with E-state index in [0.717, 1.165) is 6.42 Å². The molecule has 7 heteroatoms. The molecule has 2 N–H and O–H groups in total. The summed E-state index contributed by atoms with van der Waals surface area (Å²) in [5.74, 6) is -0.507. The third-order valence-electron chi connectivity index (χ3n) is 3.98. The number of carbonyl (C=O) groups is 1. The third kappa shape index (κ3) is 2.97. The largest absolute Gasteiger partial charge is 0.465 e. The van der Waals surface area contributed by atoms with Crippen LogP contribution in [0.4, 0.5) is 11.4 Å². The summed E-state index contributed by atoms with van der Waals surface area (Å²) < 4.78 is 4.67. The smallest absolute Gasteiger partial charge is 0.337 e. The number of nitrogens with zero attached hydrogens (tertiary/aromatic N) is 2.